The van der Waals surface area contributed by atoms with Crippen molar-refractivity contribution in [3.8, 4) is 0 Å². The van der Waals surface area contributed by atoms with E-state index in [1.807, 2.05) is 24.1 Å². The van der Waals surface area contributed by atoms with E-state index < -0.39 is 0 Å². The van der Waals surface area contributed by atoms with Gasteiger partial charge in [-0.1, -0.05) is 0 Å². The van der Waals surface area contributed by atoms with Gasteiger partial charge in [0, 0.05) is 50.2 Å². The zero-order chi connectivity index (χ0) is 15.0. The molecule has 0 bridgehead atoms. The summed E-state index contributed by atoms with van der Waals surface area (Å²) in [7, 11) is 2.10. The summed E-state index contributed by atoms with van der Waals surface area (Å²) in [5.74, 6) is 0.205. The molecule has 1 amide bonds. The highest BCUT2D eigenvalue weighted by Crippen LogP contribution is 2.24. The summed E-state index contributed by atoms with van der Waals surface area (Å²) < 4.78 is 2.08. The molecule has 5 nitrogen and oxygen atoms in total. The number of aryl methyl sites for hydroxylation is 1. The van der Waals surface area contributed by atoms with Gasteiger partial charge < -0.3 is 14.4 Å². The minimum absolute atomic E-state index is 0.174. The third kappa shape index (κ3) is 2.53. The summed E-state index contributed by atoms with van der Waals surface area (Å²) in [5.41, 5.74) is 2.24. The Kier molecular flexibility index (Phi) is 3.68. The summed E-state index contributed by atoms with van der Waals surface area (Å²) in [6, 6.07) is 1.81. The number of hydrogen-bond donors (Lipinski definition) is 0. The van der Waals surface area contributed by atoms with E-state index in [4.69, 9.17) is 0 Å². The minimum atomic E-state index is -0.174. The van der Waals surface area contributed by atoms with Crippen LogP contribution in [0, 0.1) is 6.92 Å². The van der Waals surface area contributed by atoms with Crippen molar-refractivity contribution in [2.45, 2.75) is 19.9 Å². The normalized spacial score (nSPS) is 18.1. The van der Waals surface area contributed by atoms with Crippen LogP contribution in [-0.2, 0) is 4.79 Å². The topological polar surface area (TPSA) is 41.4 Å². The zero-order valence-electron chi connectivity index (χ0n) is 12.9. The highest BCUT2D eigenvalue weighted by molar-refractivity contribution is 5.87. The molecule has 0 spiro atoms. The molecule has 0 radical (unpaired) electrons. The molecule has 112 valence electrons. The number of aromatic nitrogens is 2. The Morgan fingerprint density at radius 2 is 2.00 bits per heavy atom. The number of nitrogens with zero attached hydrogens (tertiary/aromatic N) is 4. The largest absolute Gasteiger partial charge is 0.338 e. The van der Waals surface area contributed by atoms with Crippen LogP contribution in [-0.4, -0.2) is 58.5 Å². The summed E-state index contributed by atoms with van der Waals surface area (Å²) in [4.78, 5) is 21.1. The van der Waals surface area contributed by atoms with Gasteiger partial charge in [0.15, 0.2) is 0 Å². The molecular weight excluding hydrogens is 264 g/mol. The van der Waals surface area contributed by atoms with Crippen molar-refractivity contribution < 1.29 is 4.79 Å². The van der Waals surface area contributed by atoms with Gasteiger partial charge in [-0.3, -0.25) is 9.78 Å². The summed E-state index contributed by atoms with van der Waals surface area (Å²) in [5, 5.41) is 1.12. The number of hydrogen-bond acceptors (Lipinski definition) is 3. The van der Waals surface area contributed by atoms with Gasteiger partial charge in [0.1, 0.15) is 6.04 Å². The first-order chi connectivity index (χ1) is 10.1. The molecule has 0 aromatic carbocycles. The van der Waals surface area contributed by atoms with Gasteiger partial charge in [0.05, 0.1) is 5.52 Å². The van der Waals surface area contributed by atoms with Crippen molar-refractivity contribution in [2.24, 2.45) is 0 Å². The van der Waals surface area contributed by atoms with Crippen LogP contribution in [0.3, 0.4) is 0 Å². The molecule has 5 heteroatoms. The molecule has 3 heterocycles. The van der Waals surface area contributed by atoms with E-state index in [1.54, 1.807) is 6.20 Å². The lowest BCUT2D eigenvalue weighted by Crippen LogP contribution is -2.48. The molecular formula is C16H22N4O. The van der Waals surface area contributed by atoms with Crippen LogP contribution in [0.1, 0.15) is 18.5 Å². The molecule has 2 aromatic heterocycles. The van der Waals surface area contributed by atoms with Crippen molar-refractivity contribution in [3.63, 3.8) is 0 Å². The standard InChI is InChI=1S/C16H22N4O/c1-12-11-20(15-4-5-17-10-14(12)15)13(2)16(21)19-8-6-18(3)7-9-19/h4-5,10-11,13H,6-9H2,1-3H3. The van der Waals surface area contributed by atoms with E-state index >= 15 is 0 Å². The second kappa shape index (κ2) is 5.48. The monoisotopic (exact) mass is 286 g/mol. The van der Waals surface area contributed by atoms with Crippen LogP contribution < -0.4 is 0 Å². The quantitative estimate of drug-likeness (QED) is 0.843. The number of carbonyl (C=O) groups is 1. The second-order valence-corrected chi connectivity index (χ2v) is 5.92. The van der Waals surface area contributed by atoms with Crippen molar-refractivity contribution in [1.29, 1.82) is 0 Å². The van der Waals surface area contributed by atoms with Crippen molar-refractivity contribution in [2.75, 3.05) is 33.2 Å². The maximum absolute atomic E-state index is 12.7. The maximum atomic E-state index is 12.7. The van der Waals surface area contributed by atoms with Crippen molar-refractivity contribution >= 4 is 16.8 Å². The molecule has 1 fully saturated rings. The highest BCUT2D eigenvalue weighted by Gasteiger charge is 2.25. The van der Waals surface area contributed by atoms with Gasteiger partial charge in [0.2, 0.25) is 5.91 Å². The predicted octanol–water partition coefficient (Wildman–Crippen LogP) is 1.68. The van der Waals surface area contributed by atoms with Crippen LogP contribution in [0.4, 0.5) is 0 Å². The lowest BCUT2D eigenvalue weighted by Gasteiger charge is -2.34. The fraction of sp³-hybridized carbons (Fsp3) is 0.500. The predicted molar refractivity (Wildman–Crippen MR) is 83.3 cm³/mol. The third-order valence-corrected chi connectivity index (χ3v) is 4.42. The number of pyridine rings is 1. The molecule has 1 aliphatic heterocycles. The molecule has 1 unspecified atom stereocenters. The van der Waals surface area contributed by atoms with E-state index in [9.17, 15) is 4.79 Å². The molecule has 0 saturated carbocycles. The van der Waals surface area contributed by atoms with Crippen molar-refractivity contribution in [1.82, 2.24) is 19.4 Å². The van der Waals surface area contributed by atoms with E-state index in [-0.39, 0.29) is 11.9 Å². The molecule has 1 atom stereocenters. The van der Waals surface area contributed by atoms with Crippen LogP contribution in [0.25, 0.3) is 10.9 Å². The van der Waals surface area contributed by atoms with Gasteiger partial charge in [-0.15, -0.1) is 0 Å². The van der Waals surface area contributed by atoms with Crippen molar-refractivity contribution in [3.05, 3.63) is 30.2 Å². The fourth-order valence-corrected chi connectivity index (χ4v) is 2.99. The van der Waals surface area contributed by atoms with E-state index in [0.717, 1.165) is 42.6 Å². The Morgan fingerprint density at radius 1 is 1.29 bits per heavy atom. The summed E-state index contributed by atoms with van der Waals surface area (Å²) in [6.45, 7) is 7.59. The molecule has 0 aliphatic carbocycles. The molecule has 1 saturated heterocycles. The number of rotatable bonds is 2. The number of fused-ring (bicyclic) bond motifs is 1. The first-order valence-electron chi connectivity index (χ1n) is 7.46. The number of carbonyl (C=O) groups excluding carboxylic acids is 1. The molecule has 1 aliphatic rings. The first kappa shape index (κ1) is 14.1. The maximum Gasteiger partial charge on any atom is 0.245 e. The van der Waals surface area contributed by atoms with Crippen LogP contribution in [0.15, 0.2) is 24.7 Å². The average molecular weight is 286 g/mol. The Hall–Kier alpha value is -1.88. The first-order valence-corrected chi connectivity index (χ1v) is 7.46. The number of likely N-dealkylation sites (N-methyl/N-ethyl adjacent to an activating group) is 1. The molecule has 21 heavy (non-hydrogen) atoms. The van der Waals surface area contributed by atoms with Crippen LogP contribution in [0.2, 0.25) is 0 Å². The summed E-state index contributed by atoms with van der Waals surface area (Å²) >= 11 is 0. The van der Waals surface area contributed by atoms with Gasteiger partial charge in [-0.05, 0) is 32.5 Å². The molecule has 0 N–H and O–H groups in total. The van der Waals surface area contributed by atoms with Gasteiger partial charge in [0.25, 0.3) is 0 Å². The number of piperazine rings is 1. The van der Waals surface area contributed by atoms with Gasteiger partial charge >= 0.3 is 0 Å². The smallest absolute Gasteiger partial charge is 0.245 e. The van der Waals surface area contributed by atoms with Gasteiger partial charge in [-0.2, -0.15) is 0 Å². The lowest BCUT2D eigenvalue weighted by molar-refractivity contribution is -0.135. The Morgan fingerprint density at radius 3 is 2.71 bits per heavy atom. The SMILES string of the molecule is Cc1cn(C(C)C(=O)N2CCN(C)CC2)c2ccncc12. The molecule has 2 aromatic rings. The minimum Gasteiger partial charge on any atom is -0.338 e. The Bertz CT molecular complexity index is 655. The zero-order valence-corrected chi connectivity index (χ0v) is 12.9. The second-order valence-electron chi connectivity index (χ2n) is 5.92. The highest BCUT2D eigenvalue weighted by atomic mass is 16.2. The van der Waals surface area contributed by atoms with E-state index in [2.05, 4.69) is 34.6 Å². The number of amides is 1. The van der Waals surface area contributed by atoms with Gasteiger partial charge in [-0.25, -0.2) is 0 Å². The van der Waals surface area contributed by atoms with E-state index in [1.165, 1.54) is 0 Å². The third-order valence-electron chi connectivity index (χ3n) is 4.42. The average Bonchev–Trinajstić information content (AvgIpc) is 2.84. The van der Waals surface area contributed by atoms with Crippen LogP contribution >= 0.6 is 0 Å². The van der Waals surface area contributed by atoms with Crippen LogP contribution in [0.5, 0.6) is 0 Å². The van der Waals surface area contributed by atoms with E-state index in [0.29, 0.717) is 0 Å². The molecule has 3 rings (SSSR count). The Balaban J connectivity index is 1.86. The summed E-state index contributed by atoms with van der Waals surface area (Å²) in [6.07, 6.45) is 5.71. The Labute approximate surface area is 125 Å². The lowest BCUT2D eigenvalue weighted by atomic mass is 10.2. The fourth-order valence-electron chi connectivity index (χ4n) is 2.99.